The Labute approximate surface area is 135 Å². The molecule has 0 fully saturated rings. The van der Waals surface area contributed by atoms with Gasteiger partial charge in [-0.2, -0.15) is 0 Å². The zero-order valence-corrected chi connectivity index (χ0v) is 12.9. The second kappa shape index (κ2) is 7.26. The summed E-state index contributed by atoms with van der Waals surface area (Å²) in [5.74, 6) is 2.36. The van der Waals surface area contributed by atoms with Crippen molar-refractivity contribution in [2.24, 2.45) is 0 Å². The molecule has 0 bridgehead atoms. The number of methoxy groups -OCH3 is 1. The van der Waals surface area contributed by atoms with Gasteiger partial charge in [-0.3, -0.25) is 0 Å². The molecule has 0 saturated heterocycles. The minimum absolute atomic E-state index is 0.631. The van der Waals surface area contributed by atoms with Crippen molar-refractivity contribution in [3.63, 3.8) is 0 Å². The minimum Gasteiger partial charge on any atom is -0.496 e. The first kappa shape index (κ1) is 14.8. The zero-order chi connectivity index (χ0) is 15.9. The summed E-state index contributed by atoms with van der Waals surface area (Å²) < 4.78 is 5.35. The van der Waals surface area contributed by atoms with Gasteiger partial charge in [0.15, 0.2) is 0 Å². The van der Waals surface area contributed by atoms with E-state index < -0.39 is 0 Å². The van der Waals surface area contributed by atoms with E-state index in [0.717, 1.165) is 28.6 Å². The molecule has 0 unspecified atom stereocenters. The van der Waals surface area contributed by atoms with E-state index in [9.17, 15) is 0 Å². The Morgan fingerprint density at radius 1 is 0.913 bits per heavy atom. The molecule has 0 saturated carbocycles. The van der Waals surface area contributed by atoms with Crippen LogP contribution in [0.5, 0.6) is 5.75 Å². The average molecular weight is 306 g/mol. The van der Waals surface area contributed by atoms with Gasteiger partial charge in [-0.05, 0) is 18.2 Å². The van der Waals surface area contributed by atoms with Gasteiger partial charge < -0.3 is 15.4 Å². The molecule has 3 rings (SSSR count). The molecule has 1 heterocycles. The highest BCUT2D eigenvalue weighted by Gasteiger charge is 2.03. The minimum atomic E-state index is 0.631. The van der Waals surface area contributed by atoms with Crippen LogP contribution in [0, 0.1) is 0 Å². The van der Waals surface area contributed by atoms with Crippen LogP contribution in [0.4, 0.5) is 17.3 Å². The third-order valence-electron chi connectivity index (χ3n) is 3.37. The molecule has 23 heavy (non-hydrogen) atoms. The van der Waals surface area contributed by atoms with Crippen molar-refractivity contribution in [2.45, 2.75) is 6.54 Å². The smallest absolute Gasteiger partial charge is 0.135 e. The number of rotatable bonds is 6. The molecule has 0 aliphatic heterocycles. The molecule has 0 atom stereocenters. The van der Waals surface area contributed by atoms with Gasteiger partial charge in [0.05, 0.1) is 7.11 Å². The molecule has 1 aromatic heterocycles. The predicted molar refractivity (Wildman–Crippen MR) is 92.1 cm³/mol. The highest BCUT2D eigenvalue weighted by molar-refractivity contribution is 5.58. The van der Waals surface area contributed by atoms with Crippen molar-refractivity contribution < 1.29 is 4.74 Å². The normalized spacial score (nSPS) is 10.1. The maximum absolute atomic E-state index is 5.35. The lowest BCUT2D eigenvalue weighted by Gasteiger charge is -2.11. The summed E-state index contributed by atoms with van der Waals surface area (Å²) in [5, 5.41) is 6.54. The van der Waals surface area contributed by atoms with Gasteiger partial charge in [-0.25, -0.2) is 9.97 Å². The summed E-state index contributed by atoms with van der Waals surface area (Å²) in [6.07, 6.45) is 1.54. The van der Waals surface area contributed by atoms with Gasteiger partial charge in [0, 0.05) is 23.9 Å². The molecule has 0 aliphatic rings. The number of para-hydroxylation sites is 2. The van der Waals surface area contributed by atoms with Crippen LogP contribution in [0.15, 0.2) is 67.0 Å². The van der Waals surface area contributed by atoms with Gasteiger partial charge in [0.2, 0.25) is 0 Å². The van der Waals surface area contributed by atoms with E-state index in [2.05, 4.69) is 20.6 Å². The molecule has 5 heteroatoms. The molecule has 3 aromatic rings. The summed E-state index contributed by atoms with van der Waals surface area (Å²) in [6.45, 7) is 0.631. The fraction of sp³-hybridized carbons (Fsp3) is 0.111. The first-order chi connectivity index (χ1) is 11.3. The van der Waals surface area contributed by atoms with E-state index in [1.165, 1.54) is 6.33 Å². The maximum atomic E-state index is 5.35. The van der Waals surface area contributed by atoms with Crippen molar-refractivity contribution in [1.82, 2.24) is 9.97 Å². The fourth-order valence-electron chi connectivity index (χ4n) is 2.23. The highest BCUT2D eigenvalue weighted by Crippen LogP contribution is 2.20. The Hall–Kier alpha value is -3.08. The first-order valence-electron chi connectivity index (χ1n) is 7.35. The van der Waals surface area contributed by atoms with Gasteiger partial charge >= 0.3 is 0 Å². The van der Waals surface area contributed by atoms with Crippen LogP contribution in [0.2, 0.25) is 0 Å². The Bertz CT molecular complexity index is 762. The largest absolute Gasteiger partial charge is 0.496 e. The number of benzene rings is 2. The summed E-state index contributed by atoms with van der Waals surface area (Å²) >= 11 is 0. The van der Waals surface area contributed by atoms with Gasteiger partial charge in [0.1, 0.15) is 23.7 Å². The lowest BCUT2D eigenvalue weighted by atomic mass is 10.2. The molecule has 2 N–H and O–H groups in total. The monoisotopic (exact) mass is 306 g/mol. The van der Waals surface area contributed by atoms with Crippen molar-refractivity contribution in [3.8, 4) is 5.75 Å². The molecular formula is C18H18N4O. The maximum Gasteiger partial charge on any atom is 0.135 e. The van der Waals surface area contributed by atoms with Crippen molar-refractivity contribution in [2.75, 3.05) is 17.7 Å². The Kier molecular flexibility index (Phi) is 4.69. The van der Waals surface area contributed by atoms with E-state index in [4.69, 9.17) is 4.74 Å². The zero-order valence-electron chi connectivity index (χ0n) is 12.9. The van der Waals surface area contributed by atoms with E-state index in [1.54, 1.807) is 7.11 Å². The molecule has 0 aliphatic carbocycles. The summed E-state index contributed by atoms with van der Waals surface area (Å²) in [6, 6.07) is 19.7. The number of hydrogen-bond donors (Lipinski definition) is 2. The third kappa shape index (κ3) is 3.97. The number of aromatic nitrogens is 2. The standard InChI is InChI=1S/C18H18N4O/c1-23-16-10-6-5-7-14(16)12-19-17-11-18(21-13-20-17)22-15-8-3-2-4-9-15/h2-11,13H,12H2,1H3,(H2,19,20,21,22). The van der Waals surface area contributed by atoms with E-state index in [0.29, 0.717) is 6.54 Å². The van der Waals surface area contributed by atoms with Crippen LogP contribution in [0.25, 0.3) is 0 Å². The topological polar surface area (TPSA) is 59.1 Å². The summed E-state index contributed by atoms with van der Waals surface area (Å²) in [4.78, 5) is 8.49. The van der Waals surface area contributed by atoms with E-state index >= 15 is 0 Å². The van der Waals surface area contributed by atoms with E-state index in [1.807, 2.05) is 60.7 Å². The van der Waals surface area contributed by atoms with Crippen molar-refractivity contribution in [1.29, 1.82) is 0 Å². The Morgan fingerprint density at radius 2 is 1.65 bits per heavy atom. The second-order valence-electron chi connectivity index (χ2n) is 4.94. The number of nitrogens with zero attached hydrogens (tertiary/aromatic N) is 2. The highest BCUT2D eigenvalue weighted by atomic mass is 16.5. The lowest BCUT2D eigenvalue weighted by molar-refractivity contribution is 0.410. The lowest BCUT2D eigenvalue weighted by Crippen LogP contribution is -2.04. The van der Waals surface area contributed by atoms with Crippen LogP contribution >= 0.6 is 0 Å². The van der Waals surface area contributed by atoms with Crippen LogP contribution in [-0.2, 0) is 6.54 Å². The number of hydrogen-bond acceptors (Lipinski definition) is 5. The third-order valence-corrected chi connectivity index (χ3v) is 3.37. The second-order valence-corrected chi connectivity index (χ2v) is 4.94. The fourth-order valence-corrected chi connectivity index (χ4v) is 2.23. The van der Waals surface area contributed by atoms with Gasteiger partial charge in [-0.15, -0.1) is 0 Å². The van der Waals surface area contributed by atoms with Gasteiger partial charge in [0.25, 0.3) is 0 Å². The van der Waals surface area contributed by atoms with Crippen LogP contribution in [0.1, 0.15) is 5.56 Å². The molecule has 116 valence electrons. The van der Waals surface area contributed by atoms with E-state index in [-0.39, 0.29) is 0 Å². The molecule has 0 spiro atoms. The quantitative estimate of drug-likeness (QED) is 0.724. The number of ether oxygens (including phenoxy) is 1. The summed E-state index contributed by atoms with van der Waals surface area (Å²) in [5.41, 5.74) is 2.06. The summed E-state index contributed by atoms with van der Waals surface area (Å²) in [7, 11) is 1.67. The van der Waals surface area contributed by atoms with Crippen LogP contribution in [0.3, 0.4) is 0 Å². The SMILES string of the molecule is COc1ccccc1CNc1cc(Nc2ccccc2)ncn1. The average Bonchev–Trinajstić information content (AvgIpc) is 2.61. The number of nitrogens with one attached hydrogen (secondary N) is 2. The molecule has 2 aromatic carbocycles. The van der Waals surface area contributed by atoms with Crippen molar-refractivity contribution in [3.05, 3.63) is 72.6 Å². The Balaban J connectivity index is 1.68. The first-order valence-corrected chi connectivity index (χ1v) is 7.35. The van der Waals surface area contributed by atoms with Gasteiger partial charge in [-0.1, -0.05) is 36.4 Å². The molecule has 5 nitrogen and oxygen atoms in total. The van der Waals surface area contributed by atoms with Crippen molar-refractivity contribution >= 4 is 17.3 Å². The number of anilines is 3. The molecule has 0 amide bonds. The Morgan fingerprint density at radius 3 is 2.48 bits per heavy atom. The molecular weight excluding hydrogens is 288 g/mol. The molecule has 0 radical (unpaired) electrons. The van der Waals surface area contributed by atoms with Crippen LogP contribution in [-0.4, -0.2) is 17.1 Å². The predicted octanol–water partition coefficient (Wildman–Crippen LogP) is 3.84. The van der Waals surface area contributed by atoms with Crippen LogP contribution < -0.4 is 15.4 Å².